The molecular weight excluding hydrogens is 452 g/mol. The Morgan fingerprint density at radius 2 is 1.72 bits per heavy atom. The van der Waals surface area contributed by atoms with Crippen LogP contribution in [0.25, 0.3) is 0 Å². The van der Waals surface area contributed by atoms with E-state index in [1.54, 1.807) is 0 Å². The number of nitrogens with zero attached hydrogens (tertiary/aromatic N) is 1. The molecule has 1 saturated heterocycles. The van der Waals surface area contributed by atoms with E-state index in [-0.39, 0.29) is 37.9 Å². The number of alkyl halides is 3. The van der Waals surface area contributed by atoms with E-state index in [9.17, 15) is 30.8 Å². The minimum Gasteiger partial charge on any atom is -0.379 e. The summed E-state index contributed by atoms with van der Waals surface area (Å²) in [5.74, 6) is -2.02. The van der Waals surface area contributed by atoms with Gasteiger partial charge in [-0.1, -0.05) is 12.1 Å². The third kappa shape index (κ3) is 4.64. The summed E-state index contributed by atoms with van der Waals surface area (Å²) >= 11 is 0. The van der Waals surface area contributed by atoms with Gasteiger partial charge in [-0.2, -0.15) is 17.5 Å². The van der Waals surface area contributed by atoms with Crippen LogP contribution in [0, 0.1) is 11.7 Å². The van der Waals surface area contributed by atoms with Crippen molar-refractivity contribution < 1.29 is 35.5 Å². The number of carbonyl (C=O) groups excluding carboxylic acids is 1. The monoisotopic (exact) mass is 472 g/mol. The van der Waals surface area contributed by atoms with Crippen molar-refractivity contribution in [3.8, 4) is 0 Å². The topological polar surface area (TPSA) is 75.7 Å². The molecule has 2 atom stereocenters. The predicted molar refractivity (Wildman–Crippen MR) is 107 cm³/mol. The Morgan fingerprint density at radius 3 is 2.34 bits per heavy atom. The van der Waals surface area contributed by atoms with Crippen LogP contribution in [-0.2, 0) is 25.7 Å². The molecular formula is C21H20F4N2O4S. The molecule has 2 fully saturated rings. The largest absolute Gasteiger partial charge is 0.416 e. The number of carbonyl (C=O) groups is 1. The Bertz CT molecular complexity index is 1110. The zero-order valence-electron chi connectivity index (χ0n) is 16.7. The van der Waals surface area contributed by atoms with Gasteiger partial charge in [0.2, 0.25) is 15.9 Å². The quantitative estimate of drug-likeness (QED) is 0.675. The SMILES string of the molecule is O=C(Nc1ccc(F)c(S(=O)(=O)N2CCOCC2)c1)C1CC1c1ccc(C(F)(F)F)cc1. The van der Waals surface area contributed by atoms with E-state index in [1.807, 2.05) is 0 Å². The van der Waals surface area contributed by atoms with E-state index in [0.717, 1.165) is 28.6 Å². The van der Waals surface area contributed by atoms with Crippen molar-refractivity contribution >= 4 is 21.6 Å². The molecule has 2 aliphatic rings. The molecule has 6 nitrogen and oxygen atoms in total. The molecule has 1 aliphatic heterocycles. The smallest absolute Gasteiger partial charge is 0.379 e. The molecule has 1 aliphatic carbocycles. The molecule has 2 aromatic carbocycles. The van der Waals surface area contributed by atoms with Crippen LogP contribution in [0.4, 0.5) is 23.2 Å². The summed E-state index contributed by atoms with van der Waals surface area (Å²) in [6.45, 7) is 0.638. The van der Waals surface area contributed by atoms with Crippen molar-refractivity contribution in [2.45, 2.75) is 23.4 Å². The number of amides is 1. The van der Waals surface area contributed by atoms with Crippen LogP contribution in [-0.4, -0.2) is 44.9 Å². The number of sulfonamides is 1. The summed E-state index contributed by atoms with van der Waals surface area (Å²) in [4.78, 5) is 12.0. The number of morpholine rings is 1. The van der Waals surface area contributed by atoms with Gasteiger partial charge in [0.25, 0.3) is 0 Å². The first-order valence-corrected chi connectivity index (χ1v) is 11.4. The molecule has 11 heteroatoms. The number of rotatable bonds is 5. The van der Waals surface area contributed by atoms with Crippen LogP contribution < -0.4 is 5.32 Å². The van der Waals surface area contributed by atoms with E-state index >= 15 is 0 Å². The molecule has 0 bridgehead atoms. The maximum absolute atomic E-state index is 14.3. The molecule has 32 heavy (non-hydrogen) atoms. The number of benzene rings is 2. The molecule has 1 heterocycles. The van der Waals surface area contributed by atoms with Crippen LogP contribution in [0.2, 0.25) is 0 Å². The molecule has 2 unspecified atom stereocenters. The van der Waals surface area contributed by atoms with Crippen molar-refractivity contribution in [3.63, 3.8) is 0 Å². The Morgan fingerprint density at radius 1 is 1.06 bits per heavy atom. The predicted octanol–water partition coefficient (Wildman–Crippen LogP) is 3.61. The zero-order chi connectivity index (χ0) is 23.1. The number of anilines is 1. The lowest BCUT2D eigenvalue weighted by molar-refractivity contribution is -0.137. The maximum atomic E-state index is 14.3. The standard InChI is InChI=1S/C21H20F4N2O4S/c22-18-6-5-15(11-19(18)32(29,30)27-7-9-31-10-8-27)26-20(28)17-12-16(17)13-1-3-14(4-2-13)21(23,24)25/h1-6,11,16-17H,7-10,12H2,(H,26,28). The third-order valence-electron chi connectivity index (χ3n) is 5.58. The second-order valence-electron chi connectivity index (χ2n) is 7.72. The van der Waals surface area contributed by atoms with Gasteiger partial charge in [0.05, 0.1) is 18.8 Å². The fraction of sp³-hybridized carbons (Fsp3) is 0.381. The number of nitrogens with one attached hydrogen (secondary N) is 1. The number of hydrogen-bond acceptors (Lipinski definition) is 4. The highest BCUT2D eigenvalue weighted by atomic mass is 32.2. The van der Waals surface area contributed by atoms with Gasteiger partial charge >= 0.3 is 6.18 Å². The van der Waals surface area contributed by atoms with Crippen LogP contribution >= 0.6 is 0 Å². The molecule has 172 valence electrons. The number of hydrogen-bond donors (Lipinski definition) is 1. The molecule has 1 amide bonds. The summed E-state index contributed by atoms with van der Waals surface area (Å²) in [5.41, 5.74) is -0.0163. The summed E-state index contributed by atoms with van der Waals surface area (Å²) in [6.07, 6.45) is -3.97. The molecule has 2 aromatic rings. The van der Waals surface area contributed by atoms with E-state index < -0.39 is 44.3 Å². The normalized spacial score (nSPS) is 21.9. The van der Waals surface area contributed by atoms with Crippen LogP contribution in [0.1, 0.15) is 23.5 Å². The Hall–Kier alpha value is -2.50. The molecule has 1 N–H and O–H groups in total. The average molecular weight is 472 g/mol. The summed E-state index contributed by atoms with van der Waals surface area (Å²) in [5, 5.41) is 2.59. The van der Waals surface area contributed by atoms with Crippen LogP contribution in [0.5, 0.6) is 0 Å². The van der Waals surface area contributed by atoms with Gasteiger partial charge in [-0.25, -0.2) is 12.8 Å². The van der Waals surface area contributed by atoms with Crippen molar-refractivity contribution in [1.82, 2.24) is 4.31 Å². The van der Waals surface area contributed by atoms with Gasteiger partial charge in [0, 0.05) is 24.7 Å². The highest BCUT2D eigenvalue weighted by molar-refractivity contribution is 7.89. The van der Waals surface area contributed by atoms with E-state index in [4.69, 9.17) is 4.74 Å². The molecule has 1 saturated carbocycles. The summed E-state index contributed by atoms with van der Waals surface area (Å²) < 4.78 is 84.2. The van der Waals surface area contributed by atoms with Gasteiger partial charge in [-0.05, 0) is 48.2 Å². The summed E-state index contributed by atoms with van der Waals surface area (Å²) in [7, 11) is -4.09. The number of ether oxygens (including phenoxy) is 1. The van der Waals surface area contributed by atoms with Crippen molar-refractivity contribution in [2.75, 3.05) is 31.6 Å². The highest BCUT2D eigenvalue weighted by Crippen LogP contribution is 2.48. The minimum absolute atomic E-state index is 0.106. The molecule has 0 radical (unpaired) electrons. The first-order chi connectivity index (χ1) is 15.1. The van der Waals surface area contributed by atoms with Crippen molar-refractivity contribution in [1.29, 1.82) is 0 Å². The fourth-order valence-corrected chi connectivity index (χ4v) is 5.21. The lowest BCUT2D eigenvalue weighted by Gasteiger charge is -2.26. The van der Waals surface area contributed by atoms with Gasteiger partial charge in [-0.15, -0.1) is 0 Å². The van der Waals surface area contributed by atoms with Gasteiger partial charge in [0.15, 0.2) is 0 Å². The fourth-order valence-electron chi connectivity index (χ4n) is 3.71. The van der Waals surface area contributed by atoms with Crippen LogP contribution in [0.3, 0.4) is 0 Å². The van der Waals surface area contributed by atoms with E-state index in [0.29, 0.717) is 12.0 Å². The second-order valence-corrected chi connectivity index (χ2v) is 9.63. The molecule has 0 spiro atoms. The third-order valence-corrected chi connectivity index (χ3v) is 7.49. The van der Waals surface area contributed by atoms with E-state index in [2.05, 4.69) is 5.32 Å². The first-order valence-electron chi connectivity index (χ1n) is 9.93. The highest BCUT2D eigenvalue weighted by Gasteiger charge is 2.44. The first kappa shape index (κ1) is 22.7. The maximum Gasteiger partial charge on any atom is 0.416 e. The zero-order valence-corrected chi connectivity index (χ0v) is 17.5. The Labute approximate surface area is 182 Å². The average Bonchev–Trinajstić information content (AvgIpc) is 3.56. The van der Waals surface area contributed by atoms with E-state index in [1.165, 1.54) is 18.2 Å². The van der Waals surface area contributed by atoms with Crippen LogP contribution in [0.15, 0.2) is 47.4 Å². The minimum atomic E-state index is -4.43. The Kier molecular flexibility index (Phi) is 5.99. The summed E-state index contributed by atoms with van der Waals surface area (Å²) in [6, 6.07) is 7.98. The lowest BCUT2D eigenvalue weighted by Crippen LogP contribution is -2.40. The second kappa shape index (κ2) is 8.45. The van der Waals surface area contributed by atoms with Gasteiger partial charge < -0.3 is 10.1 Å². The lowest BCUT2D eigenvalue weighted by atomic mass is 10.1. The molecule has 0 aromatic heterocycles. The van der Waals surface area contributed by atoms with Gasteiger partial charge in [0.1, 0.15) is 10.7 Å². The molecule has 4 rings (SSSR count). The van der Waals surface area contributed by atoms with Crippen molar-refractivity contribution in [3.05, 3.63) is 59.4 Å². The Balaban J connectivity index is 1.45. The van der Waals surface area contributed by atoms with Crippen molar-refractivity contribution in [2.24, 2.45) is 5.92 Å². The van der Waals surface area contributed by atoms with Gasteiger partial charge in [-0.3, -0.25) is 4.79 Å². The number of halogens is 4.